The molecule has 0 bridgehead atoms. The Morgan fingerprint density at radius 2 is 1.15 bits per heavy atom. The van der Waals surface area contributed by atoms with Crippen molar-refractivity contribution in [1.29, 1.82) is 0 Å². The van der Waals surface area contributed by atoms with Gasteiger partial charge in [-0.25, -0.2) is 13.6 Å². The molecule has 9 nitrogen and oxygen atoms in total. The van der Waals surface area contributed by atoms with Gasteiger partial charge in [-0.3, -0.25) is 9.59 Å². The third-order valence-electron chi connectivity index (χ3n) is 9.01. The molecule has 4 aromatic carbocycles. The number of hydrogen-bond acceptors (Lipinski definition) is 8. The Morgan fingerprint density at radius 3 is 1.62 bits per heavy atom. The van der Waals surface area contributed by atoms with Crippen LogP contribution in [-0.2, 0) is 34.0 Å². The van der Waals surface area contributed by atoms with Crippen molar-refractivity contribution in [3.63, 3.8) is 0 Å². The highest BCUT2D eigenvalue weighted by atomic mass is 79.9. The second-order valence-electron chi connectivity index (χ2n) is 13.5. The Bertz CT molecular complexity index is 2030. The first-order chi connectivity index (χ1) is 26.4. The van der Waals surface area contributed by atoms with Gasteiger partial charge in [-0.05, 0) is 150 Å². The van der Waals surface area contributed by atoms with Crippen LogP contribution in [0.2, 0.25) is 0 Å². The lowest BCUT2D eigenvalue weighted by molar-refractivity contribution is -0.158. The van der Waals surface area contributed by atoms with Gasteiger partial charge in [-0.1, -0.05) is 24.3 Å². The molecule has 0 aromatic heterocycles. The number of aryl methyl sites for hydroxylation is 1. The van der Waals surface area contributed by atoms with Crippen molar-refractivity contribution >= 4 is 92.9 Å². The van der Waals surface area contributed by atoms with E-state index in [1.54, 1.807) is 48.5 Å². The van der Waals surface area contributed by atoms with Gasteiger partial charge in [-0.2, -0.15) is 0 Å². The average molecular weight is 1010 g/mol. The summed E-state index contributed by atoms with van der Waals surface area (Å²) in [6, 6.07) is 16.9. The number of hydrogen-bond donors (Lipinski definition) is 3. The van der Waals surface area contributed by atoms with Gasteiger partial charge in [0.2, 0.25) is 0 Å². The van der Waals surface area contributed by atoms with E-state index in [1.165, 1.54) is 25.0 Å². The first-order valence-electron chi connectivity index (χ1n) is 17.7. The highest BCUT2D eigenvalue weighted by Gasteiger charge is 2.23. The largest absolute Gasteiger partial charge is 0.486 e. The van der Waals surface area contributed by atoms with Crippen LogP contribution in [0.5, 0.6) is 11.5 Å². The molecular formula is C40H37Br4F2N3O6. The molecule has 55 heavy (non-hydrogen) atoms. The number of amides is 1. The standard InChI is InChI=1S/C40H37Br4F2N3O6/c41-28-13-24(14-29(42)38(28)53-20-25-3-1-5-32(36(25)45)47-17-22-7-8-22)11-12-34(50)55-35(51)19-49-40(52)27-15-30(43)39(31(44)16-27)54-21-26-4-2-6-33(37(26)46)48-18-23-9-10-23/h1-6,13-16,22-23,47-48H,7-12,17-21H2,(H,49,52). The zero-order valence-corrected chi connectivity index (χ0v) is 35.8. The highest BCUT2D eigenvalue weighted by molar-refractivity contribution is 9.11. The number of halogens is 6. The first kappa shape index (κ1) is 41.1. The summed E-state index contributed by atoms with van der Waals surface area (Å²) in [5.41, 5.74) is 2.63. The molecular weight excluding hydrogens is 976 g/mol. The lowest BCUT2D eigenvalue weighted by Gasteiger charge is -2.14. The van der Waals surface area contributed by atoms with Crippen molar-refractivity contribution < 1.29 is 37.4 Å². The van der Waals surface area contributed by atoms with E-state index in [0.29, 0.717) is 63.7 Å². The minimum atomic E-state index is -0.919. The molecule has 0 aliphatic heterocycles. The SMILES string of the molecule is O=C(CCc1cc(Br)c(OCc2cccc(NCC3CC3)c2F)c(Br)c1)OC(=O)CNC(=O)c1cc(Br)c(OCc2cccc(NCC3CC3)c2F)c(Br)c1. The van der Waals surface area contributed by atoms with E-state index in [-0.39, 0.29) is 43.3 Å². The van der Waals surface area contributed by atoms with Gasteiger partial charge in [0.05, 0.1) is 35.7 Å². The molecule has 0 saturated heterocycles. The van der Waals surface area contributed by atoms with Gasteiger partial charge < -0.3 is 30.2 Å². The molecule has 0 radical (unpaired) electrons. The Kier molecular flexibility index (Phi) is 14.3. The maximum absolute atomic E-state index is 15.0. The highest BCUT2D eigenvalue weighted by Crippen LogP contribution is 2.38. The minimum Gasteiger partial charge on any atom is -0.486 e. The summed E-state index contributed by atoms with van der Waals surface area (Å²) < 4.78 is 48.9. The fourth-order valence-electron chi connectivity index (χ4n) is 5.55. The maximum Gasteiger partial charge on any atom is 0.333 e. The van der Waals surface area contributed by atoms with Crippen LogP contribution in [0.4, 0.5) is 20.2 Å². The molecule has 2 saturated carbocycles. The zero-order valence-electron chi connectivity index (χ0n) is 29.4. The fraction of sp³-hybridized carbons (Fsp3) is 0.325. The van der Waals surface area contributed by atoms with Crippen LogP contribution in [0.25, 0.3) is 0 Å². The summed E-state index contributed by atoms with van der Waals surface area (Å²) in [5.74, 6) is -0.935. The molecule has 4 aromatic rings. The topological polar surface area (TPSA) is 115 Å². The molecule has 0 spiro atoms. The summed E-state index contributed by atoms with van der Waals surface area (Å²) in [7, 11) is 0. The van der Waals surface area contributed by atoms with Crippen molar-refractivity contribution in [2.75, 3.05) is 30.3 Å². The van der Waals surface area contributed by atoms with Crippen molar-refractivity contribution in [2.24, 2.45) is 11.8 Å². The lowest BCUT2D eigenvalue weighted by Crippen LogP contribution is -2.31. The summed E-state index contributed by atoms with van der Waals surface area (Å²) >= 11 is 13.8. The van der Waals surface area contributed by atoms with Crippen LogP contribution in [0.3, 0.4) is 0 Å². The van der Waals surface area contributed by atoms with Crippen LogP contribution < -0.4 is 25.4 Å². The van der Waals surface area contributed by atoms with E-state index < -0.39 is 24.4 Å². The predicted octanol–water partition coefficient (Wildman–Crippen LogP) is 10.2. The molecule has 15 heteroatoms. The van der Waals surface area contributed by atoms with E-state index in [2.05, 4.69) is 79.7 Å². The Morgan fingerprint density at radius 1 is 0.673 bits per heavy atom. The molecule has 1 amide bonds. The van der Waals surface area contributed by atoms with Gasteiger partial charge in [0.15, 0.2) is 11.6 Å². The van der Waals surface area contributed by atoms with E-state index in [9.17, 15) is 14.4 Å². The number of anilines is 2. The van der Waals surface area contributed by atoms with Gasteiger partial charge >= 0.3 is 11.9 Å². The minimum absolute atomic E-state index is 0.0107. The summed E-state index contributed by atoms with van der Waals surface area (Å²) in [5, 5.41) is 8.79. The van der Waals surface area contributed by atoms with Crippen molar-refractivity contribution in [1.82, 2.24) is 5.32 Å². The molecule has 0 heterocycles. The second-order valence-corrected chi connectivity index (χ2v) is 16.9. The molecule has 290 valence electrons. The average Bonchev–Trinajstić information content (AvgIpc) is 4.09. The molecule has 2 fully saturated rings. The maximum atomic E-state index is 15.0. The normalized spacial score (nSPS) is 13.6. The number of carbonyl (C=O) groups excluding carboxylic acids is 3. The fourth-order valence-corrected chi connectivity index (χ4v) is 8.47. The van der Waals surface area contributed by atoms with Crippen LogP contribution in [0.15, 0.2) is 78.6 Å². The molecule has 0 atom stereocenters. The summed E-state index contributed by atoms with van der Waals surface area (Å²) in [4.78, 5) is 37.7. The number of rotatable bonds is 18. The number of ether oxygens (including phenoxy) is 3. The van der Waals surface area contributed by atoms with E-state index in [4.69, 9.17) is 14.2 Å². The lowest BCUT2D eigenvalue weighted by atomic mass is 10.1. The molecule has 0 unspecified atom stereocenters. The predicted molar refractivity (Wildman–Crippen MR) is 219 cm³/mol. The van der Waals surface area contributed by atoms with Crippen molar-refractivity contribution in [3.8, 4) is 11.5 Å². The molecule has 2 aliphatic rings. The van der Waals surface area contributed by atoms with Crippen LogP contribution >= 0.6 is 63.7 Å². The van der Waals surface area contributed by atoms with Crippen LogP contribution in [0, 0.1) is 23.5 Å². The van der Waals surface area contributed by atoms with E-state index in [0.717, 1.165) is 31.5 Å². The number of esters is 2. The third kappa shape index (κ3) is 11.7. The van der Waals surface area contributed by atoms with Crippen molar-refractivity contribution in [3.05, 3.63) is 112 Å². The van der Waals surface area contributed by atoms with Gasteiger partial charge in [0.1, 0.15) is 31.3 Å². The quantitative estimate of drug-likeness (QED) is 0.0667. The van der Waals surface area contributed by atoms with Gasteiger partial charge in [0, 0.05) is 29.8 Å². The number of nitrogens with one attached hydrogen (secondary N) is 3. The van der Waals surface area contributed by atoms with Crippen LogP contribution in [0.1, 0.15) is 59.2 Å². The van der Waals surface area contributed by atoms with Gasteiger partial charge in [0.25, 0.3) is 5.91 Å². The molecule has 2 aliphatic carbocycles. The second kappa shape index (κ2) is 19.1. The molecule has 3 N–H and O–H groups in total. The van der Waals surface area contributed by atoms with Crippen molar-refractivity contribution in [2.45, 2.75) is 51.7 Å². The first-order valence-corrected chi connectivity index (χ1v) is 20.9. The third-order valence-corrected chi connectivity index (χ3v) is 11.4. The van der Waals surface area contributed by atoms with Crippen LogP contribution in [-0.4, -0.2) is 37.5 Å². The monoisotopic (exact) mass is 1010 g/mol. The summed E-state index contributed by atoms with van der Waals surface area (Å²) in [6.45, 7) is 0.919. The number of benzene rings is 4. The van der Waals surface area contributed by atoms with E-state index in [1.807, 2.05) is 0 Å². The Labute approximate surface area is 351 Å². The Hall–Kier alpha value is -3.53. The summed E-state index contributed by atoms with van der Waals surface area (Å²) in [6.07, 6.45) is 4.81. The number of carbonyl (C=O) groups is 3. The van der Waals surface area contributed by atoms with Gasteiger partial charge in [-0.15, -0.1) is 0 Å². The smallest absolute Gasteiger partial charge is 0.333 e. The Balaban J connectivity index is 0.937. The molecule has 6 rings (SSSR count). The van der Waals surface area contributed by atoms with E-state index >= 15 is 8.78 Å². The zero-order chi connectivity index (χ0) is 39.1.